The molecule has 6 aromatic carbocycles. The Morgan fingerprint density at radius 3 is 1.71 bits per heavy atom. The summed E-state index contributed by atoms with van der Waals surface area (Å²) in [5, 5.41) is 2.95. The molecule has 0 N–H and O–H groups in total. The van der Waals surface area contributed by atoms with Gasteiger partial charge in [-0.05, 0) is 77.9 Å². The fourth-order valence-corrected chi connectivity index (χ4v) is 8.93. The quantitative estimate of drug-likeness (QED) is 0.205. The number of furan rings is 1. The Labute approximate surface area is 238 Å². The molecule has 7 aromatic rings. The molecule has 0 spiro atoms. The highest BCUT2D eigenvalue weighted by atomic mass is 31.2. The number of benzene rings is 6. The molecule has 41 heavy (non-hydrogen) atoms. The van der Waals surface area contributed by atoms with Gasteiger partial charge in [0, 0.05) is 22.1 Å². The number of para-hydroxylation sites is 3. The van der Waals surface area contributed by atoms with Crippen LogP contribution in [-0.4, -0.2) is 0 Å². The van der Waals surface area contributed by atoms with E-state index in [0.29, 0.717) is 0 Å². The predicted octanol–water partition coefficient (Wildman–Crippen LogP) is 10.1. The highest BCUT2D eigenvalue weighted by Gasteiger charge is 2.49. The molecule has 0 bridgehead atoms. The Balaban J connectivity index is 1.38. The smallest absolute Gasteiger partial charge is 0.301 e. The summed E-state index contributed by atoms with van der Waals surface area (Å²) >= 11 is 0. The summed E-state index contributed by atoms with van der Waals surface area (Å²) in [5.74, 6) is 0. The Hall–Kier alpha value is -5.05. The predicted molar refractivity (Wildman–Crippen MR) is 170 cm³/mol. The minimum atomic E-state index is -3.39. The van der Waals surface area contributed by atoms with E-state index in [2.05, 4.69) is 36.4 Å². The Kier molecular flexibility index (Phi) is 5.38. The zero-order valence-corrected chi connectivity index (χ0v) is 23.0. The summed E-state index contributed by atoms with van der Waals surface area (Å²) in [6.45, 7) is 0. The lowest BCUT2D eigenvalue weighted by Gasteiger charge is -2.33. The minimum Gasteiger partial charge on any atom is -0.456 e. The first-order chi connectivity index (χ1) is 20.2. The van der Waals surface area contributed by atoms with E-state index in [-0.39, 0.29) is 0 Å². The first kappa shape index (κ1) is 23.8. The van der Waals surface area contributed by atoms with Crippen LogP contribution in [0.3, 0.4) is 0 Å². The number of nitrogens with zero attached hydrogens (tertiary/aromatic N) is 2. The standard InChI is InChI=1S/C36H25N2O2P/c39-41(30-16-8-3-9-17-30)37(28-12-4-1-5-13-28)33-22-20-27(25-34(33)38(41)29-14-6-2-7-15-29)26-21-23-36-32(24-26)31-18-10-11-19-35(31)40-36/h1-25H. The maximum Gasteiger partial charge on any atom is 0.301 e. The first-order valence-corrected chi connectivity index (χ1v) is 15.3. The van der Waals surface area contributed by atoms with Crippen molar-refractivity contribution < 1.29 is 8.98 Å². The van der Waals surface area contributed by atoms with Crippen molar-refractivity contribution in [3.8, 4) is 11.1 Å². The van der Waals surface area contributed by atoms with Gasteiger partial charge in [-0.2, -0.15) is 0 Å². The average molecular weight is 549 g/mol. The monoisotopic (exact) mass is 548 g/mol. The van der Waals surface area contributed by atoms with Crippen LogP contribution in [0.4, 0.5) is 22.7 Å². The number of fused-ring (bicyclic) bond motifs is 4. The van der Waals surface area contributed by atoms with E-state index in [4.69, 9.17) is 4.42 Å². The molecule has 4 nitrogen and oxygen atoms in total. The van der Waals surface area contributed by atoms with Gasteiger partial charge in [0.1, 0.15) is 11.2 Å². The summed E-state index contributed by atoms with van der Waals surface area (Å²) in [7, 11) is -3.39. The molecule has 0 saturated carbocycles. The third-order valence-corrected chi connectivity index (χ3v) is 10.7. The van der Waals surface area contributed by atoms with Crippen molar-refractivity contribution in [3.63, 3.8) is 0 Å². The highest BCUT2D eigenvalue weighted by Crippen LogP contribution is 2.70. The fraction of sp³-hybridized carbons (Fsp3) is 0. The second-order valence-corrected chi connectivity index (χ2v) is 12.6. The Morgan fingerprint density at radius 2 is 1.00 bits per heavy atom. The SMILES string of the molecule is O=P1(c2ccccc2)N(c2ccccc2)c2ccc(-c3ccc4oc5ccccc5c4c3)cc2N1c1ccccc1. The molecule has 1 unspecified atom stereocenters. The summed E-state index contributed by atoms with van der Waals surface area (Å²) in [5.41, 5.74) is 7.45. The molecular weight excluding hydrogens is 523 g/mol. The third-order valence-electron chi connectivity index (χ3n) is 7.78. The molecule has 0 fully saturated rings. The lowest BCUT2D eigenvalue weighted by atomic mass is 10.0. The zero-order valence-electron chi connectivity index (χ0n) is 22.1. The number of hydrogen-bond donors (Lipinski definition) is 0. The van der Waals surface area contributed by atoms with Crippen molar-refractivity contribution in [2.45, 2.75) is 0 Å². The molecule has 2 heterocycles. The fourth-order valence-electron chi connectivity index (χ4n) is 5.92. The van der Waals surface area contributed by atoms with Crippen LogP contribution in [0.15, 0.2) is 156 Å². The van der Waals surface area contributed by atoms with Gasteiger partial charge in [-0.3, -0.25) is 13.9 Å². The molecule has 0 aliphatic carbocycles. The van der Waals surface area contributed by atoms with Crippen molar-refractivity contribution >= 4 is 57.4 Å². The molecule has 1 aliphatic rings. The molecule has 196 valence electrons. The van der Waals surface area contributed by atoms with Gasteiger partial charge in [-0.1, -0.05) is 84.9 Å². The normalized spacial score (nSPS) is 16.4. The van der Waals surface area contributed by atoms with Gasteiger partial charge < -0.3 is 4.42 Å². The van der Waals surface area contributed by atoms with Crippen molar-refractivity contribution in [2.75, 3.05) is 9.34 Å². The number of anilines is 4. The van der Waals surface area contributed by atoms with Crippen molar-refractivity contribution in [2.24, 2.45) is 0 Å². The molecule has 0 saturated heterocycles. The zero-order chi connectivity index (χ0) is 27.4. The lowest BCUT2D eigenvalue weighted by molar-refractivity contribution is 0.582. The second-order valence-electron chi connectivity index (χ2n) is 10.2. The van der Waals surface area contributed by atoms with Gasteiger partial charge in [-0.15, -0.1) is 0 Å². The lowest BCUT2D eigenvalue weighted by Crippen LogP contribution is -2.26. The van der Waals surface area contributed by atoms with Crippen LogP contribution >= 0.6 is 7.44 Å². The highest BCUT2D eigenvalue weighted by molar-refractivity contribution is 7.76. The van der Waals surface area contributed by atoms with Gasteiger partial charge in [0.25, 0.3) is 0 Å². The van der Waals surface area contributed by atoms with Crippen LogP contribution in [0.2, 0.25) is 0 Å². The third kappa shape index (κ3) is 3.65. The Morgan fingerprint density at radius 1 is 0.463 bits per heavy atom. The first-order valence-electron chi connectivity index (χ1n) is 13.6. The number of rotatable bonds is 4. The van der Waals surface area contributed by atoms with E-state index in [0.717, 1.165) is 61.1 Å². The largest absolute Gasteiger partial charge is 0.456 e. The van der Waals surface area contributed by atoms with Crippen LogP contribution in [-0.2, 0) is 4.57 Å². The minimum absolute atomic E-state index is 0.775. The summed E-state index contributed by atoms with van der Waals surface area (Å²) in [6.07, 6.45) is 0. The van der Waals surface area contributed by atoms with Crippen LogP contribution in [0.25, 0.3) is 33.1 Å². The van der Waals surface area contributed by atoms with Crippen molar-refractivity contribution in [1.29, 1.82) is 0 Å². The molecular formula is C36H25N2O2P. The molecule has 1 aromatic heterocycles. The van der Waals surface area contributed by atoms with Gasteiger partial charge in [-0.25, -0.2) is 0 Å². The summed E-state index contributed by atoms with van der Waals surface area (Å²) in [6, 6.07) is 50.8. The van der Waals surface area contributed by atoms with E-state index in [1.165, 1.54) is 0 Å². The number of hydrogen-bond acceptors (Lipinski definition) is 2. The van der Waals surface area contributed by atoms with Crippen LogP contribution < -0.4 is 14.6 Å². The molecule has 0 amide bonds. The van der Waals surface area contributed by atoms with E-state index in [1.54, 1.807) is 0 Å². The molecule has 5 heteroatoms. The Bertz CT molecular complexity index is 2090. The molecule has 1 aliphatic heterocycles. The molecule has 8 rings (SSSR count). The second kappa shape index (κ2) is 9.26. The van der Waals surface area contributed by atoms with Crippen LogP contribution in [0, 0.1) is 0 Å². The van der Waals surface area contributed by atoms with Crippen LogP contribution in [0.5, 0.6) is 0 Å². The maximum atomic E-state index is 15.7. The van der Waals surface area contributed by atoms with E-state index in [9.17, 15) is 0 Å². The van der Waals surface area contributed by atoms with Gasteiger partial charge in [0.05, 0.1) is 16.7 Å². The summed E-state index contributed by atoms with van der Waals surface area (Å²) in [4.78, 5) is 0. The van der Waals surface area contributed by atoms with Crippen LogP contribution in [0.1, 0.15) is 0 Å². The van der Waals surface area contributed by atoms with E-state index < -0.39 is 7.44 Å². The maximum absolute atomic E-state index is 15.7. The molecule has 1 atom stereocenters. The van der Waals surface area contributed by atoms with Crippen molar-refractivity contribution in [1.82, 2.24) is 0 Å². The van der Waals surface area contributed by atoms with E-state index in [1.807, 2.05) is 125 Å². The van der Waals surface area contributed by atoms with Gasteiger partial charge in [0.15, 0.2) is 0 Å². The summed E-state index contributed by atoms with van der Waals surface area (Å²) < 4.78 is 25.9. The average Bonchev–Trinajstić information content (AvgIpc) is 3.54. The van der Waals surface area contributed by atoms with Gasteiger partial charge in [0.2, 0.25) is 0 Å². The van der Waals surface area contributed by atoms with E-state index >= 15 is 4.57 Å². The topological polar surface area (TPSA) is 36.7 Å². The van der Waals surface area contributed by atoms with Gasteiger partial charge >= 0.3 is 7.44 Å². The van der Waals surface area contributed by atoms with Crippen molar-refractivity contribution in [3.05, 3.63) is 152 Å². The molecule has 0 radical (unpaired) electrons.